The fourth-order valence-electron chi connectivity index (χ4n) is 2.83. The molecule has 1 aliphatic rings. The van der Waals surface area contributed by atoms with E-state index in [9.17, 15) is 4.79 Å². The topological polar surface area (TPSA) is 62.4 Å². The van der Waals surface area contributed by atoms with Crippen molar-refractivity contribution in [3.63, 3.8) is 0 Å². The van der Waals surface area contributed by atoms with E-state index in [4.69, 9.17) is 17.0 Å². The maximum absolute atomic E-state index is 11.8. The van der Waals surface area contributed by atoms with Crippen LogP contribution in [-0.4, -0.2) is 23.7 Å². The second-order valence-corrected chi connectivity index (χ2v) is 7.59. The molecule has 0 unspecified atom stereocenters. The van der Waals surface area contributed by atoms with Crippen LogP contribution < -0.4 is 20.9 Å². The highest BCUT2D eigenvalue weighted by molar-refractivity contribution is 9.10. The summed E-state index contributed by atoms with van der Waals surface area (Å²) in [7, 11) is 0. The molecule has 7 heteroatoms. The average Bonchev–Trinajstić information content (AvgIpc) is 2.56. The zero-order valence-electron chi connectivity index (χ0n) is 14.0. The molecule has 132 valence electrons. The number of rotatable bonds is 4. The lowest BCUT2D eigenvalue weighted by atomic mass is 9.78. The van der Waals surface area contributed by atoms with Gasteiger partial charge in [0.1, 0.15) is 5.75 Å². The lowest BCUT2D eigenvalue weighted by Crippen LogP contribution is -2.53. The van der Waals surface area contributed by atoms with Crippen molar-refractivity contribution in [2.75, 3.05) is 6.61 Å². The standard InChI is InChI=1S/C17H24BrN3O2S/c1-11-4-3-5-15(12(11)2)19-17(24)21-20-16(22)10-23-14-8-6-13(18)7-9-14/h6-9,11-12,15H,3-5,10H2,1-2H3,(H,20,22)(H2,19,21,24)/t11-,12+,15-/m0/s1. The van der Waals surface area contributed by atoms with E-state index in [-0.39, 0.29) is 12.5 Å². The van der Waals surface area contributed by atoms with Crippen molar-refractivity contribution in [1.29, 1.82) is 0 Å². The molecular formula is C17H24BrN3O2S. The van der Waals surface area contributed by atoms with Gasteiger partial charge < -0.3 is 10.1 Å². The Morgan fingerprint density at radius 3 is 2.67 bits per heavy atom. The van der Waals surface area contributed by atoms with Gasteiger partial charge >= 0.3 is 0 Å². The zero-order valence-corrected chi connectivity index (χ0v) is 16.4. The van der Waals surface area contributed by atoms with Crippen molar-refractivity contribution < 1.29 is 9.53 Å². The summed E-state index contributed by atoms with van der Waals surface area (Å²) in [6.45, 7) is 4.44. The molecule has 1 amide bonds. The van der Waals surface area contributed by atoms with Crippen LogP contribution in [0.25, 0.3) is 0 Å². The third-order valence-corrected chi connectivity index (χ3v) is 5.27. The normalized spacial score (nSPS) is 23.2. The fraction of sp³-hybridized carbons (Fsp3) is 0.529. The van der Waals surface area contributed by atoms with E-state index in [1.54, 1.807) is 12.1 Å². The minimum absolute atomic E-state index is 0.0753. The van der Waals surface area contributed by atoms with Gasteiger partial charge in [0.25, 0.3) is 5.91 Å². The van der Waals surface area contributed by atoms with Crippen molar-refractivity contribution in [2.24, 2.45) is 11.8 Å². The first-order valence-corrected chi connectivity index (χ1v) is 9.39. The summed E-state index contributed by atoms with van der Waals surface area (Å²) in [4.78, 5) is 11.8. The van der Waals surface area contributed by atoms with Crippen LogP contribution in [0.4, 0.5) is 0 Å². The summed E-state index contributed by atoms with van der Waals surface area (Å²) in [5, 5.41) is 3.74. The summed E-state index contributed by atoms with van der Waals surface area (Å²) in [5.41, 5.74) is 5.30. The molecular weight excluding hydrogens is 390 g/mol. The number of amides is 1. The number of ether oxygens (including phenoxy) is 1. The van der Waals surface area contributed by atoms with Gasteiger partial charge in [0, 0.05) is 10.5 Å². The number of hydrogen-bond donors (Lipinski definition) is 3. The Balaban J connectivity index is 1.67. The van der Waals surface area contributed by atoms with E-state index >= 15 is 0 Å². The van der Waals surface area contributed by atoms with Gasteiger partial charge in [-0.2, -0.15) is 0 Å². The van der Waals surface area contributed by atoms with E-state index in [1.807, 2.05) is 12.1 Å². The fourth-order valence-corrected chi connectivity index (χ4v) is 3.30. The molecule has 1 aliphatic carbocycles. The largest absolute Gasteiger partial charge is 0.484 e. The van der Waals surface area contributed by atoms with E-state index in [0.717, 1.165) is 10.9 Å². The Labute approximate surface area is 157 Å². The maximum atomic E-state index is 11.8. The number of hydrogen-bond acceptors (Lipinski definition) is 3. The van der Waals surface area contributed by atoms with Crippen LogP contribution in [0, 0.1) is 11.8 Å². The van der Waals surface area contributed by atoms with Crippen LogP contribution in [0.1, 0.15) is 33.1 Å². The van der Waals surface area contributed by atoms with Gasteiger partial charge in [-0.05, 0) is 54.7 Å². The second kappa shape index (κ2) is 9.22. The summed E-state index contributed by atoms with van der Waals surface area (Å²) in [6, 6.07) is 7.66. The van der Waals surface area contributed by atoms with Crippen LogP contribution >= 0.6 is 28.1 Å². The van der Waals surface area contributed by atoms with E-state index in [1.165, 1.54) is 12.8 Å². The molecule has 1 aromatic rings. The van der Waals surface area contributed by atoms with Gasteiger partial charge in [0.2, 0.25) is 0 Å². The van der Waals surface area contributed by atoms with Crippen molar-refractivity contribution in [3.8, 4) is 5.75 Å². The highest BCUT2D eigenvalue weighted by atomic mass is 79.9. The number of benzene rings is 1. The van der Waals surface area contributed by atoms with Gasteiger partial charge in [0.15, 0.2) is 11.7 Å². The molecule has 0 radical (unpaired) electrons. The summed E-state index contributed by atoms with van der Waals surface area (Å²) < 4.78 is 6.36. The van der Waals surface area contributed by atoms with Gasteiger partial charge in [-0.1, -0.05) is 42.6 Å². The number of carbonyl (C=O) groups is 1. The molecule has 0 aromatic heterocycles. The van der Waals surface area contributed by atoms with E-state index in [2.05, 4.69) is 45.9 Å². The van der Waals surface area contributed by atoms with Crippen LogP contribution in [0.5, 0.6) is 5.75 Å². The summed E-state index contributed by atoms with van der Waals surface area (Å²) in [6.07, 6.45) is 3.58. The molecule has 2 rings (SSSR count). The minimum atomic E-state index is -0.285. The van der Waals surface area contributed by atoms with Crippen molar-refractivity contribution in [2.45, 2.75) is 39.2 Å². The summed E-state index contributed by atoms with van der Waals surface area (Å²) in [5.74, 6) is 1.61. The quantitative estimate of drug-likeness (QED) is 0.522. The highest BCUT2D eigenvalue weighted by Crippen LogP contribution is 2.29. The third-order valence-electron chi connectivity index (χ3n) is 4.52. The predicted octanol–water partition coefficient (Wildman–Crippen LogP) is 3.15. The molecule has 24 heavy (non-hydrogen) atoms. The van der Waals surface area contributed by atoms with Crippen molar-refractivity contribution >= 4 is 39.2 Å². The second-order valence-electron chi connectivity index (χ2n) is 6.26. The van der Waals surface area contributed by atoms with Gasteiger partial charge in [-0.25, -0.2) is 0 Å². The average molecular weight is 414 g/mol. The number of carbonyl (C=O) groups excluding carboxylic acids is 1. The Morgan fingerprint density at radius 2 is 1.96 bits per heavy atom. The minimum Gasteiger partial charge on any atom is -0.484 e. The summed E-state index contributed by atoms with van der Waals surface area (Å²) >= 11 is 8.60. The molecule has 0 aliphatic heterocycles. The van der Waals surface area contributed by atoms with Crippen molar-refractivity contribution in [1.82, 2.24) is 16.2 Å². The number of hydrazine groups is 1. The number of nitrogens with one attached hydrogen (secondary N) is 3. The van der Waals surface area contributed by atoms with Gasteiger partial charge in [0.05, 0.1) is 0 Å². The molecule has 5 nitrogen and oxygen atoms in total. The highest BCUT2D eigenvalue weighted by Gasteiger charge is 2.27. The molecule has 3 N–H and O–H groups in total. The maximum Gasteiger partial charge on any atom is 0.276 e. The lowest BCUT2D eigenvalue weighted by Gasteiger charge is -2.35. The molecule has 0 heterocycles. The SMILES string of the molecule is C[C@H]1[C@@H](NC(=S)NNC(=O)COc2ccc(Br)cc2)CCC[C@@H]1C. The first kappa shape index (κ1) is 19.0. The van der Waals surface area contributed by atoms with Crippen LogP contribution in [0.15, 0.2) is 28.7 Å². The number of halogens is 1. The Kier molecular flexibility index (Phi) is 7.30. The molecule has 0 spiro atoms. The molecule has 1 aromatic carbocycles. The monoisotopic (exact) mass is 413 g/mol. The van der Waals surface area contributed by atoms with Crippen LogP contribution in [0.2, 0.25) is 0 Å². The lowest BCUT2D eigenvalue weighted by molar-refractivity contribution is -0.123. The van der Waals surface area contributed by atoms with Crippen LogP contribution in [-0.2, 0) is 4.79 Å². The first-order valence-electron chi connectivity index (χ1n) is 8.19. The first-order chi connectivity index (χ1) is 11.5. The smallest absolute Gasteiger partial charge is 0.276 e. The Hall–Kier alpha value is -1.34. The van der Waals surface area contributed by atoms with Gasteiger partial charge in [-0.3, -0.25) is 15.6 Å². The molecule has 1 saturated carbocycles. The molecule has 0 saturated heterocycles. The predicted molar refractivity (Wildman–Crippen MR) is 103 cm³/mol. The van der Waals surface area contributed by atoms with Crippen LogP contribution in [0.3, 0.4) is 0 Å². The van der Waals surface area contributed by atoms with Gasteiger partial charge in [-0.15, -0.1) is 0 Å². The number of thiocarbonyl (C=S) groups is 1. The zero-order chi connectivity index (χ0) is 17.5. The molecule has 0 bridgehead atoms. The van der Waals surface area contributed by atoms with E-state index < -0.39 is 0 Å². The third kappa shape index (κ3) is 5.94. The molecule has 3 atom stereocenters. The Morgan fingerprint density at radius 1 is 1.25 bits per heavy atom. The molecule has 1 fully saturated rings. The Bertz CT molecular complexity index is 567. The van der Waals surface area contributed by atoms with Crippen molar-refractivity contribution in [3.05, 3.63) is 28.7 Å². The van der Waals surface area contributed by atoms with E-state index in [0.29, 0.717) is 28.7 Å².